The van der Waals surface area contributed by atoms with E-state index in [1.165, 1.54) is 0 Å². The first kappa shape index (κ1) is 11.0. The van der Waals surface area contributed by atoms with E-state index in [0.717, 1.165) is 19.3 Å². The van der Waals surface area contributed by atoms with Gasteiger partial charge in [0.05, 0.1) is 0 Å². The predicted molar refractivity (Wildman–Crippen MR) is 60.1 cm³/mol. The van der Waals surface area contributed by atoms with Crippen molar-refractivity contribution in [1.82, 2.24) is 0 Å². The maximum atomic E-state index is 10.9. The maximum Gasteiger partial charge on any atom is 0.156 e. The third kappa shape index (κ3) is 4.22. The van der Waals surface area contributed by atoms with Gasteiger partial charge in [-0.1, -0.05) is 37.3 Å². The average Bonchev–Trinajstić information content (AvgIpc) is 2.58. The van der Waals surface area contributed by atoms with Crippen molar-refractivity contribution in [2.75, 3.05) is 0 Å². The van der Waals surface area contributed by atoms with Crippen LogP contribution in [0.15, 0.2) is 36.5 Å². The Morgan fingerprint density at radius 3 is 2.79 bits per heavy atom. The zero-order chi connectivity index (χ0) is 10.2. The van der Waals surface area contributed by atoms with Gasteiger partial charge in [0.25, 0.3) is 0 Å². The number of allylic oxidation sites excluding steroid dienone is 6. The Hall–Kier alpha value is -1.11. The molecule has 1 nitrogen and oxygen atoms in total. The van der Waals surface area contributed by atoms with E-state index in [0.29, 0.717) is 12.3 Å². The fourth-order valence-corrected chi connectivity index (χ4v) is 1.48. The van der Waals surface area contributed by atoms with Crippen molar-refractivity contribution in [3.8, 4) is 0 Å². The molecule has 0 saturated carbocycles. The molecule has 0 saturated heterocycles. The highest BCUT2D eigenvalue weighted by Crippen LogP contribution is 2.15. The standard InChI is InChI=1S/C13H18O/c1-2-3-4-5-6-7-8-12-9-10-13(14)11-12/h3-4,7-10,12H,2,5-6,11H2,1H3/b4-3-,8-7+/t12-/m0/s1. The number of hydrogen-bond donors (Lipinski definition) is 0. The lowest BCUT2D eigenvalue weighted by Gasteiger charge is -1.96. The lowest BCUT2D eigenvalue weighted by Crippen LogP contribution is -1.91. The SMILES string of the molecule is CC/C=C\CC/C=C/[C@H]1C=CC(=O)C1. The molecule has 0 aromatic heterocycles. The molecule has 0 heterocycles. The van der Waals surface area contributed by atoms with Gasteiger partial charge in [0.15, 0.2) is 5.78 Å². The fourth-order valence-electron chi connectivity index (χ4n) is 1.48. The summed E-state index contributed by atoms with van der Waals surface area (Å²) in [6.45, 7) is 2.14. The van der Waals surface area contributed by atoms with Crippen LogP contribution in [-0.4, -0.2) is 5.78 Å². The van der Waals surface area contributed by atoms with Gasteiger partial charge in [0.1, 0.15) is 0 Å². The van der Waals surface area contributed by atoms with Crippen LogP contribution in [0.1, 0.15) is 32.6 Å². The summed E-state index contributed by atoms with van der Waals surface area (Å²) in [5.41, 5.74) is 0. The smallest absolute Gasteiger partial charge is 0.156 e. The van der Waals surface area contributed by atoms with Crippen molar-refractivity contribution < 1.29 is 4.79 Å². The van der Waals surface area contributed by atoms with Crippen LogP contribution in [0.2, 0.25) is 0 Å². The van der Waals surface area contributed by atoms with Crippen LogP contribution < -0.4 is 0 Å². The van der Waals surface area contributed by atoms with Crippen molar-refractivity contribution in [3.63, 3.8) is 0 Å². The minimum Gasteiger partial charge on any atom is -0.295 e. The summed E-state index contributed by atoms with van der Waals surface area (Å²) in [6, 6.07) is 0. The molecule has 0 unspecified atom stereocenters. The van der Waals surface area contributed by atoms with Gasteiger partial charge < -0.3 is 0 Å². The maximum absolute atomic E-state index is 10.9. The zero-order valence-corrected chi connectivity index (χ0v) is 8.78. The Kier molecular flexibility index (Phi) is 4.98. The summed E-state index contributed by atoms with van der Waals surface area (Å²) in [6.07, 6.45) is 16.4. The Bertz CT molecular complexity index is 258. The highest BCUT2D eigenvalue weighted by Gasteiger charge is 2.11. The van der Waals surface area contributed by atoms with E-state index in [9.17, 15) is 4.79 Å². The van der Waals surface area contributed by atoms with Crippen molar-refractivity contribution in [2.45, 2.75) is 32.6 Å². The van der Waals surface area contributed by atoms with E-state index < -0.39 is 0 Å². The molecule has 1 rings (SSSR count). The summed E-state index contributed by atoms with van der Waals surface area (Å²) in [5, 5.41) is 0. The Morgan fingerprint density at radius 2 is 2.14 bits per heavy atom. The third-order valence-electron chi connectivity index (χ3n) is 2.25. The molecule has 0 radical (unpaired) electrons. The molecule has 0 aromatic rings. The van der Waals surface area contributed by atoms with E-state index in [-0.39, 0.29) is 5.78 Å². The second-order valence-corrected chi connectivity index (χ2v) is 3.58. The van der Waals surface area contributed by atoms with Crippen molar-refractivity contribution in [2.24, 2.45) is 5.92 Å². The molecule has 1 heteroatoms. The van der Waals surface area contributed by atoms with E-state index in [2.05, 4.69) is 31.2 Å². The summed E-state index contributed by atoms with van der Waals surface area (Å²) in [7, 11) is 0. The molecule has 0 aliphatic heterocycles. The number of ketones is 1. The van der Waals surface area contributed by atoms with Crippen molar-refractivity contribution in [1.29, 1.82) is 0 Å². The summed E-state index contributed by atoms with van der Waals surface area (Å²) < 4.78 is 0. The number of rotatable bonds is 5. The van der Waals surface area contributed by atoms with Gasteiger partial charge in [0.2, 0.25) is 0 Å². The Morgan fingerprint density at radius 1 is 1.36 bits per heavy atom. The molecule has 76 valence electrons. The van der Waals surface area contributed by atoms with Gasteiger partial charge in [-0.2, -0.15) is 0 Å². The number of unbranched alkanes of at least 4 members (excludes halogenated alkanes) is 1. The summed E-state index contributed by atoms with van der Waals surface area (Å²) >= 11 is 0. The van der Waals surface area contributed by atoms with Gasteiger partial charge in [0, 0.05) is 12.3 Å². The predicted octanol–water partition coefficient (Wildman–Crippen LogP) is 3.43. The van der Waals surface area contributed by atoms with Crippen LogP contribution in [0.5, 0.6) is 0 Å². The van der Waals surface area contributed by atoms with Gasteiger partial charge in [-0.25, -0.2) is 0 Å². The second kappa shape index (κ2) is 6.36. The minimum atomic E-state index is 0.255. The number of carbonyl (C=O) groups is 1. The van der Waals surface area contributed by atoms with Crippen LogP contribution in [0.25, 0.3) is 0 Å². The minimum absolute atomic E-state index is 0.255. The molecule has 0 amide bonds. The van der Waals surface area contributed by atoms with E-state index in [1.807, 2.05) is 6.08 Å². The normalized spacial score (nSPS) is 21.8. The molecule has 0 bridgehead atoms. The quantitative estimate of drug-likeness (QED) is 0.479. The van der Waals surface area contributed by atoms with Gasteiger partial charge >= 0.3 is 0 Å². The summed E-state index contributed by atoms with van der Waals surface area (Å²) in [5.74, 6) is 0.614. The van der Waals surface area contributed by atoms with Gasteiger partial charge in [-0.15, -0.1) is 0 Å². The molecule has 0 spiro atoms. The van der Waals surface area contributed by atoms with Gasteiger partial charge in [-0.05, 0) is 25.3 Å². The monoisotopic (exact) mass is 190 g/mol. The topological polar surface area (TPSA) is 17.1 Å². The molecule has 0 fully saturated rings. The molecule has 1 atom stereocenters. The average molecular weight is 190 g/mol. The van der Waals surface area contributed by atoms with Crippen LogP contribution in [0.3, 0.4) is 0 Å². The molecule has 14 heavy (non-hydrogen) atoms. The lowest BCUT2D eigenvalue weighted by molar-refractivity contribution is -0.114. The molecular weight excluding hydrogens is 172 g/mol. The van der Waals surface area contributed by atoms with Crippen LogP contribution in [-0.2, 0) is 4.79 Å². The van der Waals surface area contributed by atoms with Crippen molar-refractivity contribution in [3.05, 3.63) is 36.5 Å². The van der Waals surface area contributed by atoms with E-state index >= 15 is 0 Å². The number of carbonyl (C=O) groups excluding carboxylic acids is 1. The van der Waals surface area contributed by atoms with Gasteiger partial charge in [-0.3, -0.25) is 4.79 Å². The van der Waals surface area contributed by atoms with E-state index in [1.54, 1.807) is 6.08 Å². The van der Waals surface area contributed by atoms with Crippen molar-refractivity contribution >= 4 is 5.78 Å². The van der Waals surface area contributed by atoms with Crippen LogP contribution in [0.4, 0.5) is 0 Å². The molecule has 0 N–H and O–H groups in total. The summed E-state index contributed by atoms with van der Waals surface area (Å²) in [4.78, 5) is 10.9. The Balaban J connectivity index is 2.12. The molecular formula is C13H18O. The highest BCUT2D eigenvalue weighted by atomic mass is 16.1. The van der Waals surface area contributed by atoms with E-state index in [4.69, 9.17) is 0 Å². The first-order chi connectivity index (χ1) is 6.83. The van der Waals surface area contributed by atoms with Crippen LogP contribution >= 0.6 is 0 Å². The lowest BCUT2D eigenvalue weighted by atomic mass is 10.1. The fraction of sp³-hybridized carbons (Fsp3) is 0.462. The number of hydrogen-bond acceptors (Lipinski definition) is 1. The first-order valence-corrected chi connectivity index (χ1v) is 5.35. The zero-order valence-electron chi connectivity index (χ0n) is 8.78. The Labute approximate surface area is 86.2 Å². The molecule has 1 aliphatic rings. The van der Waals surface area contributed by atoms with Crippen LogP contribution in [0, 0.1) is 5.92 Å². The second-order valence-electron chi connectivity index (χ2n) is 3.58. The molecule has 0 aromatic carbocycles. The largest absolute Gasteiger partial charge is 0.295 e. The highest BCUT2D eigenvalue weighted by molar-refractivity contribution is 5.92. The first-order valence-electron chi connectivity index (χ1n) is 5.35. The molecule has 1 aliphatic carbocycles. The third-order valence-corrected chi connectivity index (χ3v) is 2.25.